The first kappa shape index (κ1) is 19.0. The lowest BCUT2D eigenvalue weighted by atomic mass is 9.79. The third-order valence-corrected chi connectivity index (χ3v) is 5.49. The van der Waals surface area contributed by atoms with Crippen LogP contribution in [0.15, 0.2) is 6.07 Å². The van der Waals surface area contributed by atoms with E-state index in [2.05, 4.69) is 22.1 Å². The first-order valence-corrected chi connectivity index (χ1v) is 9.17. The van der Waals surface area contributed by atoms with Gasteiger partial charge >= 0.3 is 0 Å². The van der Waals surface area contributed by atoms with Crippen molar-refractivity contribution in [1.82, 2.24) is 10.3 Å². The van der Waals surface area contributed by atoms with E-state index in [1.54, 1.807) is 6.92 Å². The summed E-state index contributed by atoms with van der Waals surface area (Å²) in [7, 11) is 0. The van der Waals surface area contributed by atoms with Crippen molar-refractivity contribution in [2.24, 2.45) is 5.73 Å². The smallest absolute Gasteiger partial charge is 0.296 e. The topological polar surface area (TPSA) is 88.0 Å². The number of hydrogen-bond donors (Lipinski definition) is 3. The molecule has 1 saturated carbocycles. The number of primary amides is 1. The highest BCUT2D eigenvalue weighted by molar-refractivity contribution is 6.07. The Kier molecular flexibility index (Phi) is 5.22. The summed E-state index contributed by atoms with van der Waals surface area (Å²) >= 11 is 0. The molecule has 2 aromatic rings. The number of halogens is 1. The summed E-state index contributed by atoms with van der Waals surface area (Å²) in [5, 5.41) is 3.66. The van der Waals surface area contributed by atoms with E-state index < -0.39 is 11.7 Å². The number of fused-ring (bicyclic) bond motifs is 1. The van der Waals surface area contributed by atoms with Crippen molar-refractivity contribution >= 4 is 22.7 Å². The lowest BCUT2D eigenvalue weighted by Crippen LogP contribution is -2.37. The molecule has 1 aliphatic carbocycles. The second-order valence-corrected chi connectivity index (χ2v) is 7.22. The number of aromatic amines is 1. The molecule has 142 valence electrons. The Balaban J connectivity index is 2.04. The molecule has 1 aromatic carbocycles. The molecule has 5 nitrogen and oxygen atoms in total. The van der Waals surface area contributed by atoms with E-state index in [9.17, 15) is 9.59 Å². The maximum Gasteiger partial charge on any atom is 0.296 e. The number of carbonyl (C=O) groups is 2. The van der Waals surface area contributed by atoms with Crippen molar-refractivity contribution in [3.63, 3.8) is 0 Å². The first-order chi connectivity index (χ1) is 12.8. The normalized spacial score (nSPS) is 19.4. The van der Waals surface area contributed by atoms with Crippen LogP contribution in [0, 0.1) is 31.5 Å². The zero-order valence-electron chi connectivity index (χ0n) is 15.8. The van der Waals surface area contributed by atoms with E-state index in [0.717, 1.165) is 35.9 Å². The Morgan fingerprint density at radius 2 is 2.07 bits per heavy atom. The molecule has 4 N–H and O–H groups in total. The van der Waals surface area contributed by atoms with Gasteiger partial charge in [-0.1, -0.05) is 12.3 Å². The second-order valence-electron chi connectivity index (χ2n) is 7.22. The summed E-state index contributed by atoms with van der Waals surface area (Å²) in [5.74, 6) is 3.67. The van der Waals surface area contributed by atoms with Crippen LogP contribution in [0.2, 0.25) is 0 Å². The predicted molar refractivity (Wildman–Crippen MR) is 103 cm³/mol. The molecule has 0 aliphatic heterocycles. The Morgan fingerprint density at radius 1 is 1.33 bits per heavy atom. The van der Waals surface area contributed by atoms with Gasteiger partial charge in [-0.2, -0.15) is 0 Å². The summed E-state index contributed by atoms with van der Waals surface area (Å²) in [6.45, 7) is 5.43. The number of rotatable bonds is 3. The van der Waals surface area contributed by atoms with Crippen molar-refractivity contribution < 1.29 is 14.0 Å². The van der Waals surface area contributed by atoms with E-state index in [4.69, 9.17) is 5.73 Å². The molecule has 6 heteroatoms. The maximum atomic E-state index is 15.1. The van der Waals surface area contributed by atoms with Crippen LogP contribution in [-0.2, 0) is 4.79 Å². The Morgan fingerprint density at radius 3 is 2.74 bits per heavy atom. The minimum atomic E-state index is -0.654. The van der Waals surface area contributed by atoms with E-state index >= 15 is 4.39 Å². The minimum Gasteiger partial charge on any atom is -0.366 e. The highest BCUT2D eigenvalue weighted by Gasteiger charge is 2.30. The maximum absolute atomic E-state index is 15.1. The molecule has 2 atom stereocenters. The second kappa shape index (κ2) is 7.43. The molecule has 1 aromatic heterocycles. The molecule has 2 amide bonds. The largest absolute Gasteiger partial charge is 0.366 e. The fourth-order valence-corrected chi connectivity index (χ4v) is 4.17. The number of nitrogens with two attached hydrogens (primary N) is 1. The third kappa shape index (κ3) is 3.55. The number of carbonyl (C=O) groups excluding carboxylic acids is 2. The number of amides is 2. The third-order valence-electron chi connectivity index (χ3n) is 5.49. The summed E-state index contributed by atoms with van der Waals surface area (Å²) in [6, 6.07) is 1.20. The molecule has 1 heterocycles. The lowest BCUT2D eigenvalue weighted by Gasteiger charge is -2.30. The van der Waals surface area contributed by atoms with Gasteiger partial charge in [0, 0.05) is 22.7 Å². The number of aromatic nitrogens is 1. The van der Waals surface area contributed by atoms with Crippen LogP contribution >= 0.6 is 0 Å². The van der Waals surface area contributed by atoms with E-state index in [1.807, 2.05) is 13.8 Å². The average Bonchev–Trinajstić information content (AvgIpc) is 2.90. The van der Waals surface area contributed by atoms with Crippen molar-refractivity contribution in [1.29, 1.82) is 0 Å². The summed E-state index contributed by atoms with van der Waals surface area (Å²) < 4.78 is 15.1. The summed E-state index contributed by atoms with van der Waals surface area (Å²) in [4.78, 5) is 26.8. The fraction of sp³-hybridized carbons (Fsp3) is 0.429. The SMILES string of the molecule is CC#CC(=O)NC1CCC[C@@H](c2c(F)cc(C(N)=O)c3[nH]c(C)c(C)c23)C1. The highest BCUT2D eigenvalue weighted by atomic mass is 19.1. The minimum absolute atomic E-state index is 0.0392. The first-order valence-electron chi connectivity index (χ1n) is 9.17. The molecule has 27 heavy (non-hydrogen) atoms. The Hall–Kier alpha value is -2.81. The van der Waals surface area contributed by atoms with Crippen molar-refractivity contribution in [3.05, 3.63) is 34.3 Å². The van der Waals surface area contributed by atoms with Crippen LogP contribution in [-0.4, -0.2) is 22.8 Å². The number of aryl methyl sites for hydroxylation is 2. The van der Waals surface area contributed by atoms with Crippen LogP contribution in [0.3, 0.4) is 0 Å². The number of H-pyrrole nitrogens is 1. The number of hydrogen-bond acceptors (Lipinski definition) is 2. The molecule has 0 saturated heterocycles. The lowest BCUT2D eigenvalue weighted by molar-refractivity contribution is -0.116. The molecule has 0 spiro atoms. The number of nitrogens with one attached hydrogen (secondary N) is 2. The highest BCUT2D eigenvalue weighted by Crippen LogP contribution is 2.40. The van der Waals surface area contributed by atoms with Crippen molar-refractivity contribution in [2.45, 2.75) is 58.4 Å². The molecule has 1 fully saturated rings. The quantitative estimate of drug-likeness (QED) is 0.726. The summed E-state index contributed by atoms with van der Waals surface area (Å²) in [6.07, 6.45) is 3.21. The summed E-state index contributed by atoms with van der Waals surface area (Å²) in [5.41, 5.74) is 8.64. The van der Waals surface area contributed by atoms with Gasteiger partial charge in [0.25, 0.3) is 11.8 Å². The standard InChI is InChI=1S/C21H24FN3O2/c1-4-6-17(26)25-14-8-5-7-13(9-14)19-16(22)10-15(21(23)27)20-18(19)11(2)12(3)24-20/h10,13-14,24H,5,7-9H2,1-3H3,(H2,23,27)(H,25,26)/t13-,14?/m1/s1. The predicted octanol–water partition coefficient (Wildman–Crippen LogP) is 3.19. The van der Waals surface area contributed by atoms with Crippen LogP contribution in [0.25, 0.3) is 10.9 Å². The van der Waals surface area contributed by atoms with E-state index in [-0.39, 0.29) is 23.4 Å². The zero-order valence-corrected chi connectivity index (χ0v) is 15.8. The van der Waals surface area contributed by atoms with Crippen LogP contribution < -0.4 is 11.1 Å². The van der Waals surface area contributed by atoms with Gasteiger partial charge in [-0.15, -0.1) is 0 Å². The monoisotopic (exact) mass is 369 g/mol. The molecular formula is C21H24FN3O2. The van der Waals surface area contributed by atoms with E-state index in [1.165, 1.54) is 6.07 Å². The Labute approximate surface area is 157 Å². The molecule has 0 radical (unpaired) electrons. The van der Waals surface area contributed by atoms with Crippen LogP contribution in [0.4, 0.5) is 4.39 Å². The van der Waals surface area contributed by atoms with Crippen LogP contribution in [0.1, 0.15) is 65.7 Å². The fourth-order valence-electron chi connectivity index (χ4n) is 4.17. The molecular weight excluding hydrogens is 345 g/mol. The zero-order chi connectivity index (χ0) is 19.7. The van der Waals surface area contributed by atoms with Gasteiger partial charge in [-0.05, 0) is 63.5 Å². The van der Waals surface area contributed by atoms with Gasteiger partial charge in [0.05, 0.1) is 11.1 Å². The van der Waals surface area contributed by atoms with Gasteiger partial charge in [-0.25, -0.2) is 4.39 Å². The molecule has 3 rings (SSSR count). The number of benzene rings is 1. The van der Waals surface area contributed by atoms with Gasteiger partial charge in [-0.3, -0.25) is 9.59 Å². The van der Waals surface area contributed by atoms with Gasteiger partial charge in [0.15, 0.2) is 0 Å². The van der Waals surface area contributed by atoms with Crippen LogP contribution in [0.5, 0.6) is 0 Å². The molecule has 0 bridgehead atoms. The molecule has 1 unspecified atom stereocenters. The molecule has 1 aliphatic rings. The van der Waals surface area contributed by atoms with Gasteiger partial charge in [0.2, 0.25) is 0 Å². The Bertz CT molecular complexity index is 981. The van der Waals surface area contributed by atoms with Gasteiger partial charge in [0.1, 0.15) is 5.82 Å². The van der Waals surface area contributed by atoms with Crippen molar-refractivity contribution in [3.8, 4) is 11.8 Å². The average molecular weight is 369 g/mol. The van der Waals surface area contributed by atoms with Crippen molar-refractivity contribution in [2.75, 3.05) is 0 Å². The van der Waals surface area contributed by atoms with Gasteiger partial charge < -0.3 is 16.0 Å². The van der Waals surface area contributed by atoms with E-state index in [0.29, 0.717) is 17.5 Å².